The first kappa shape index (κ1) is 15.3. The van der Waals surface area contributed by atoms with Crippen molar-refractivity contribution >= 4 is 22.8 Å². The summed E-state index contributed by atoms with van der Waals surface area (Å²) >= 11 is 0. The van der Waals surface area contributed by atoms with Gasteiger partial charge in [-0.05, 0) is 22.3 Å². The van der Waals surface area contributed by atoms with Gasteiger partial charge < -0.3 is 10.1 Å². The van der Waals surface area contributed by atoms with Gasteiger partial charge >= 0.3 is 6.09 Å². The summed E-state index contributed by atoms with van der Waals surface area (Å²) in [6, 6.07) is 14.7. The summed E-state index contributed by atoms with van der Waals surface area (Å²) in [6.45, 7) is 4.27. The van der Waals surface area contributed by atoms with Crippen LogP contribution in [0, 0.1) is 5.92 Å². The number of carbonyl (C=O) groups excluding carboxylic acids is 1. The van der Waals surface area contributed by atoms with Crippen LogP contribution in [0.4, 0.5) is 4.79 Å². The van der Waals surface area contributed by atoms with E-state index in [0.717, 1.165) is 0 Å². The Balaban J connectivity index is 1.96. The summed E-state index contributed by atoms with van der Waals surface area (Å²) in [5, 5.41) is 8.37. The minimum absolute atomic E-state index is 0.0215. The van der Waals surface area contributed by atoms with E-state index >= 15 is 0 Å². The Morgan fingerprint density at radius 2 is 1.96 bits per heavy atom. The van der Waals surface area contributed by atoms with Gasteiger partial charge in [-0.2, -0.15) is 0 Å². The van der Waals surface area contributed by atoms with E-state index in [1.165, 1.54) is 23.4 Å². The lowest BCUT2D eigenvalue weighted by Gasteiger charge is -2.23. The average Bonchev–Trinajstić information content (AvgIpc) is 2.98. The second kappa shape index (κ2) is 6.28. The number of hydrogen-bond acceptors (Lipinski definition) is 4. The fraction of sp³-hybridized carbons (Fsp3) is 0.333. The molecule has 1 aliphatic heterocycles. The van der Waals surface area contributed by atoms with E-state index in [9.17, 15) is 4.79 Å². The molecule has 5 nitrogen and oxygen atoms in total. The minimum atomic E-state index is -0.516. The molecule has 2 aromatic rings. The third-order valence-corrected chi connectivity index (χ3v) is 4.16. The van der Waals surface area contributed by atoms with Crippen LogP contribution in [0.5, 0.6) is 0 Å². The van der Waals surface area contributed by atoms with Crippen LogP contribution in [0.1, 0.15) is 25.5 Å². The molecule has 5 heteroatoms. The van der Waals surface area contributed by atoms with Crippen molar-refractivity contribution in [3.05, 3.63) is 48.0 Å². The Morgan fingerprint density at radius 1 is 1.22 bits per heavy atom. The molecule has 0 aromatic heterocycles. The summed E-state index contributed by atoms with van der Waals surface area (Å²) in [5.41, 5.74) is 1.19. The zero-order valence-electron chi connectivity index (χ0n) is 13.5. The molecule has 120 valence electrons. The second-order valence-corrected chi connectivity index (χ2v) is 6.02. The van der Waals surface area contributed by atoms with E-state index in [2.05, 4.69) is 64.5 Å². The van der Waals surface area contributed by atoms with Gasteiger partial charge in [0, 0.05) is 0 Å². The molecular weight excluding hydrogens is 290 g/mol. The summed E-state index contributed by atoms with van der Waals surface area (Å²) in [4.78, 5) is 16.1. The van der Waals surface area contributed by atoms with Crippen LogP contribution in [0.2, 0.25) is 0 Å². The number of nitrogens with one attached hydrogen (secondary N) is 2. The van der Waals surface area contributed by atoms with Gasteiger partial charge in [-0.3, -0.25) is 5.32 Å². The average molecular weight is 311 g/mol. The van der Waals surface area contributed by atoms with E-state index in [4.69, 9.17) is 0 Å². The number of carbonyl (C=O) groups is 1. The molecule has 0 fully saturated rings. The molecule has 2 unspecified atom stereocenters. The van der Waals surface area contributed by atoms with Crippen LogP contribution in [0.3, 0.4) is 0 Å². The monoisotopic (exact) mass is 311 g/mol. The van der Waals surface area contributed by atoms with E-state index in [1.807, 2.05) is 12.1 Å². The Hall–Kier alpha value is -2.56. The van der Waals surface area contributed by atoms with Crippen molar-refractivity contribution in [3.63, 3.8) is 0 Å². The molecule has 0 saturated carbocycles. The number of fused-ring (bicyclic) bond motifs is 1. The number of aliphatic imine (C=N–C) groups is 1. The predicted molar refractivity (Wildman–Crippen MR) is 91.4 cm³/mol. The van der Waals surface area contributed by atoms with Gasteiger partial charge in [0.15, 0.2) is 0 Å². The topological polar surface area (TPSA) is 62.7 Å². The molecule has 23 heavy (non-hydrogen) atoms. The Labute approximate surface area is 135 Å². The maximum Gasteiger partial charge on any atom is 0.413 e. The van der Waals surface area contributed by atoms with Crippen molar-refractivity contribution < 1.29 is 9.53 Å². The third-order valence-electron chi connectivity index (χ3n) is 4.16. The first-order chi connectivity index (χ1) is 11.1. The number of hydrogen-bond donors (Lipinski definition) is 2. The van der Waals surface area contributed by atoms with Crippen molar-refractivity contribution in [2.24, 2.45) is 10.9 Å². The summed E-state index contributed by atoms with van der Waals surface area (Å²) < 4.78 is 4.65. The highest BCUT2D eigenvalue weighted by molar-refractivity contribution is 5.96. The van der Waals surface area contributed by atoms with Gasteiger partial charge in [0.25, 0.3) is 0 Å². The SMILES string of the molecule is COC(=O)NC1=NC(C(C)C)C(c2cccc3ccccc23)N1. The fourth-order valence-corrected chi connectivity index (χ4v) is 3.03. The standard InChI is InChI=1S/C18H21N3O2/c1-11(2)15-16(20-17(19-15)21-18(22)23-3)14-10-6-8-12-7-4-5-9-13(12)14/h4-11,15-16H,1-3H3,(H2,19,20,21,22). The van der Waals surface area contributed by atoms with Crippen molar-refractivity contribution in [2.45, 2.75) is 25.9 Å². The number of guanidine groups is 1. The maximum absolute atomic E-state index is 11.4. The molecule has 0 spiro atoms. The molecule has 1 heterocycles. The molecule has 1 aliphatic rings. The zero-order chi connectivity index (χ0) is 16.4. The van der Waals surface area contributed by atoms with Crippen LogP contribution in [0.25, 0.3) is 10.8 Å². The molecule has 2 N–H and O–H groups in total. The predicted octanol–water partition coefficient (Wildman–Crippen LogP) is 3.22. The van der Waals surface area contributed by atoms with Crippen molar-refractivity contribution in [1.29, 1.82) is 0 Å². The van der Waals surface area contributed by atoms with Crippen molar-refractivity contribution in [2.75, 3.05) is 7.11 Å². The number of ether oxygens (including phenoxy) is 1. The van der Waals surface area contributed by atoms with Gasteiger partial charge in [0.2, 0.25) is 5.96 Å². The number of benzene rings is 2. The quantitative estimate of drug-likeness (QED) is 0.895. The van der Waals surface area contributed by atoms with E-state index in [-0.39, 0.29) is 12.1 Å². The van der Waals surface area contributed by atoms with Gasteiger partial charge in [0.05, 0.1) is 19.2 Å². The highest BCUT2D eigenvalue weighted by Gasteiger charge is 2.33. The van der Waals surface area contributed by atoms with Gasteiger partial charge in [-0.25, -0.2) is 9.79 Å². The van der Waals surface area contributed by atoms with Gasteiger partial charge in [-0.15, -0.1) is 0 Å². The van der Waals surface area contributed by atoms with E-state index in [0.29, 0.717) is 11.9 Å². The Bertz CT molecular complexity index is 750. The Morgan fingerprint density at radius 3 is 2.70 bits per heavy atom. The smallest absolute Gasteiger partial charge is 0.413 e. The highest BCUT2D eigenvalue weighted by atomic mass is 16.5. The second-order valence-electron chi connectivity index (χ2n) is 6.02. The third kappa shape index (κ3) is 2.99. The minimum Gasteiger partial charge on any atom is -0.453 e. The molecule has 0 aliphatic carbocycles. The molecule has 0 saturated heterocycles. The number of nitrogens with zero attached hydrogens (tertiary/aromatic N) is 1. The number of rotatable bonds is 2. The molecular formula is C18H21N3O2. The highest BCUT2D eigenvalue weighted by Crippen LogP contribution is 2.32. The number of amides is 1. The van der Waals surface area contributed by atoms with Crippen LogP contribution in [0.15, 0.2) is 47.5 Å². The largest absolute Gasteiger partial charge is 0.453 e. The first-order valence-electron chi connectivity index (χ1n) is 7.77. The van der Waals surface area contributed by atoms with E-state index in [1.54, 1.807) is 0 Å². The zero-order valence-corrected chi connectivity index (χ0v) is 13.5. The molecule has 2 atom stereocenters. The fourth-order valence-electron chi connectivity index (χ4n) is 3.03. The van der Waals surface area contributed by atoms with Crippen LogP contribution < -0.4 is 10.6 Å². The Kier molecular flexibility index (Phi) is 4.19. The van der Waals surface area contributed by atoms with Gasteiger partial charge in [-0.1, -0.05) is 56.3 Å². The molecule has 0 bridgehead atoms. The number of methoxy groups -OCH3 is 1. The van der Waals surface area contributed by atoms with Gasteiger partial charge in [0.1, 0.15) is 0 Å². The summed E-state index contributed by atoms with van der Waals surface area (Å²) in [7, 11) is 1.34. The first-order valence-corrected chi connectivity index (χ1v) is 7.77. The van der Waals surface area contributed by atoms with Crippen molar-refractivity contribution in [3.8, 4) is 0 Å². The molecule has 1 amide bonds. The molecule has 3 rings (SSSR count). The van der Waals surface area contributed by atoms with E-state index < -0.39 is 6.09 Å². The van der Waals surface area contributed by atoms with Crippen molar-refractivity contribution in [1.82, 2.24) is 10.6 Å². The van der Waals surface area contributed by atoms with Crippen LogP contribution in [-0.4, -0.2) is 25.2 Å². The summed E-state index contributed by atoms with van der Waals surface area (Å²) in [5.74, 6) is 0.803. The van der Waals surface area contributed by atoms with Crippen LogP contribution >= 0.6 is 0 Å². The lowest BCUT2D eigenvalue weighted by molar-refractivity contribution is 0.176. The lowest BCUT2D eigenvalue weighted by Crippen LogP contribution is -2.39. The molecule has 0 radical (unpaired) electrons. The lowest BCUT2D eigenvalue weighted by atomic mass is 9.89. The normalized spacial score (nSPS) is 20.3. The summed E-state index contributed by atoms with van der Waals surface area (Å²) in [6.07, 6.45) is -0.516. The molecule has 2 aromatic carbocycles. The van der Waals surface area contributed by atoms with Crippen LogP contribution in [-0.2, 0) is 4.74 Å². The maximum atomic E-state index is 11.4. The number of alkyl carbamates (subject to hydrolysis) is 1.